The first kappa shape index (κ1) is 18.4. The summed E-state index contributed by atoms with van der Waals surface area (Å²) in [4.78, 5) is 19.2. The predicted molar refractivity (Wildman–Crippen MR) is 105 cm³/mol. The third-order valence-electron chi connectivity index (χ3n) is 4.92. The number of nitrogens with two attached hydrogens (primary N) is 1. The third-order valence-corrected chi connectivity index (χ3v) is 4.92. The van der Waals surface area contributed by atoms with Gasteiger partial charge in [0.15, 0.2) is 0 Å². The molecule has 1 unspecified atom stereocenters. The first-order chi connectivity index (χ1) is 12.6. The van der Waals surface area contributed by atoms with Gasteiger partial charge in [0, 0.05) is 25.8 Å². The largest absolute Gasteiger partial charge is 0.357 e. The molecule has 0 aliphatic carbocycles. The van der Waals surface area contributed by atoms with E-state index in [1.807, 2.05) is 49.5 Å². The summed E-state index contributed by atoms with van der Waals surface area (Å²) in [6, 6.07) is 11.2. The number of benzene rings is 1. The molecule has 0 bridgehead atoms. The monoisotopic (exact) mass is 352 g/mol. The van der Waals surface area contributed by atoms with E-state index in [1.54, 1.807) is 0 Å². The molecule has 1 aliphatic heterocycles. The van der Waals surface area contributed by atoms with Crippen molar-refractivity contribution < 1.29 is 4.79 Å². The summed E-state index contributed by atoms with van der Waals surface area (Å²) in [6.45, 7) is 4.60. The molecule has 5 heteroatoms. The number of nitrogens with zero attached hydrogens (tertiary/aromatic N) is 2. The number of aromatic nitrogens is 1. The van der Waals surface area contributed by atoms with Crippen LogP contribution in [0.1, 0.15) is 48.4 Å². The maximum atomic E-state index is 12.3. The maximum absolute atomic E-state index is 12.3. The van der Waals surface area contributed by atoms with E-state index in [4.69, 9.17) is 5.73 Å². The molecular formula is C21H28N4O. The summed E-state index contributed by atoms with van der Waals surface area (Å²) in [5.41, 5.74) is 9.01. The summed E-state index contributed by atoms with van der Waals surface area (Å²) in [6.07, 6.45) is 6.92. The second-order valence-corrected chi connectivity index (χ2v) is 7.03. The molecule has 1 aromatic heterocycles. The average molecular weight is 352 g/mol. The summed E-state index contributed by atoms with van der Waals surface area (Å²) in [5, 5.41) is 2.90. The Labute approximate surface area is 155 Å². The Balaban J connectivity index is 1.54. The predicted octanol–water partition coefficient (Wildman–Crippen LogP) is 3.09. The van der Waals surface area contributed by atoms with E-state index in [9.17, 15) is 4.79 Å². The molecule has 3 rings (SSSR count). The van der Waals surface area contributed by atoms with Crippen molar-refractivity contribution in [2.24, 2.45) is 5.73 Å². The number of nitrogens with one attached hydrogen (secondary N) is 1. The molecule has 1 amide bonds. The van der Waals surface area contributed by atoms with Gasteiger partial charge in [-0.25, -0.2) is 4.98 Å². The van der Waals surface area contributed by atoms with Gasteiger partial charge >= 0.3 is 0 Å². The number of hydrogen-bond acceptors (Lipinski definition) is 4. The van der Waals surface area contributed by atoms with Gasteiger partial charge in [-0.2, -0.15) is 0 Å². The summed E-state index contributed by atoms with van der Waals surface area (Å²) >= 11 is 0. The van der Waals surface area contributed by atoms with Crippen LogP contribution in [0.15, 0.2) is 42.6 Å². The Morgan fingerprint density at radius 3 is 2.42 bits per heavy atom. The number of rotatable bonds is 5. The maximum Gasteiger partial charge on any atom is 0.241 e. The van der Waals surface area contributed by atoms with Crippen LogP contribution in [0.3, 0.4) is 0 Å². The Morgan fingerprint density at radius 1 is 1.12 bits per heavy atom. The van der Waals surface area contributed by atoms with Gasteiger partial charge in [-0.15, -0.1) is 0 Å². The SMILES string of the molecule is Cc1ccc(C(N)C(=O)NCc2ccc(N3CCCCCC3)nc2)cc1. The number of anilines is 1. The lowest BCUT2D eigenvalue weighted by Gasteiger charge is -2.21. The van der Waals surface area contributed by atoms with E-state index in [-0.39, 0.29) is 5.91 Å². The zero-order valence-corrected chi connectivity index (χ0v) is 15.4. The average Bonchev–Trinajstić information content (AvgIpc) is 2.96. The second kappa shape index (κ2) is 8.81. The molecular weight excluding hydrogens is 324 g/mol. The molecule has 1 aliphatic rings. The molecule has 0 radical (unpaired) electrons. The van der Waals surface area contributed by atoms with Crippen LogP contribution in [0.25, 0.3) is 0 Å². The van der Waals surface area contributed by atoms with Crippen molar-refractivity contribution >= 4 is 11.7 Å². The molecule has 0 spiro atoms. The van der Waals surface area contributed by atoms with Crippen LogP contribution in [-0.4, -0.2) is 24.0 Å². The van der Waals surface area contributed by atoms with E-state index >= 15 is 0 Å². The zero-order chi connectivity index (χ0) is 18.4. The molecule has 138 valence electrons. The molecule has 3 N–H and O–H groups in total. The van der Waals surface area contributed by atoms with Crippen LogP contribution in [0.2, 0.25) is 0 Å². The van der Waals surface area contributed by atoms with Crippen molar-refractivity contribution in [2.45, 2.75) is 45.2 Å². The molecule has 1 aromatic carbocycles. The smallest absolute Gasteiger partial charge is 0.241 e. The fourth-order valence-electron chi connectivity index (χ4n) is 3.23. The quantitative estimate of drug-likeness (QED) is 0.867. The second-order valence-electron chi connectivity index (χ2n) is 7.03. The topological polar surface area (TPSA) is 71.2 Å². The van der Waals surface area contributed by atoms with E-state index in [0.717, 1.165) is 35.6 Å². The molecule has 1 fully saturated rings. The molecule has 2 aromatic rings. The first-order valence-electron chi connectivity index (χ1n) is 9.43. The Morgan fingerprint density at radius 2 is 1.81 bits per heavy atom. The fraction of sp³-hybridized carbons (Fsp3) is 0.429. The van der Waals surface area contributed by atoms with Crippen LogP contribution >= 0.6 is 0 Å². The normalized spacial score (nSPS) is 16.0. The highest BCUT2D eigenvalue weighted by atomic mass is 16.2. The molecule has 1 saturated heterocycles. The van der Waals surface area contributed by atoms with Crippen molar-refractivity contribution in [2.75, 3.05) is 18.0 Å². The van der Waals surface area contributed by atoms with Crippen LogP contribution in [-0.2, 0) is 11.3 Å². The minimum atomic E-state index is -0.653. The van der Waals surface area contributed by atoms with Crippen molar-refractivity contribution in [1.29, 1.82) is 0 Å². The van der Waals surface area contributed by atoms with Crippen LogP contribution in [0.5, 0.6) is 0 Å². The summed E-state index contributed by atoms with van der Waals surface area (Å²) in [5.74, 6) is 0.851. The molecule has 2 heterocycles. The standard InChI is InChI=1S/C21H28N4O/c1-16-6-9-18(10-7-16)20(22)21(26)24-15-17-8-11-19(23-14-17)25-12-4-2-3-5-13-25/h6-11,14,20H,2-5,12-13,15,22H2,1H3,(H,24,26). The highest BCUT2D eigenvalue weighted by Gasteiger charge is 2.15. The minimum Gasteiger partial charge on any atom is -0.357 e. The fourth-order valence-corrected chi connectivity index (χ4v) is 3.23. The summed E-state index contributed by atoms with van der Waals surface area (Å²) < 4.78 is 0. The van der Waals surface area contributed by atoms with Gasteiger partial charge in [0.1, 0.15) is 11.9 Å². The van der Waals surface area contributed by atoms with Gasteiger partial charge in [0.05, 0.1) is 0 Å². The van der Waals surface area contributed by atoms with Gasteiger partial charge in [0.25, 0.3) is 0 Å². The van der Waals surface area contributed by atoms with E-state index in [1.165, 1.54) is 25.7 Å². The molecule has 5 nitrogen and oxygen atoms in total. The lowest BCUT2D eigenvalue weighted by Crippen LogP contribution is -2.33. The number of amides is 1. The van der Waals surface area contributed by atoms with Crippen molar-refractivity contribution in [3.63, 3.8) is 0 Å². The lowest BCUT2D eigenvalue weighted by atomic mass is 10.1. The van der Waals surface area contributed by atoms with Crippen molar-refractivity contribution in [3.8, 4) is 0 Å². The Bertz CT molecular complexity index is 704. The van der Waals surface area contributed by atoms with Crippen LogP contribution in [0, 0.1) is 6.92 Å². The Hall–Kier alpha value is -2.40. The first-order valence-corrected chi connectivity index (χ1v) is 9.43. The number of aryl methyl sites for hydroxylation is 1. The van der Waals surface area contributed by atoms with Crippen LogP contribution in [0.4, 0.5) is 5.82 Å². The summed E-state index contributed by atoms with van der Waals surface area (Å²) in [7, 11) is 0. The number of pyridine rings is 1. The number of carbonyl (C=O) groups excluding carboxylic acids is 1. The van der Waals surface area contributed by atoms with E-state index < -0.39 is 6.04 Å². The van der Waals surface area contributed by atoms with Gasteiger partial charge < -0.3 is 16.0 Å². The highest BCUT2D eigenvalue weighted by molar-refractivity contribution is 5.82. The third kappa shape index (κ3) is 4.82. The number of hydrogen-bond donors (Lipinski definition) is 2. The molecule has 26 heavy (non-hydrogen) atoms. The van der Waals surface area contributed by atoms with Gasteiger partial charge in [0.2, 0.25) is 5.91 Å². The number of carbonyl (C=O) groups is 1. The van der Waals surface area contributed by atoms with Gasteiger partial charge in [-0.3, -0.25) is 4.79 Å². The van der Waals surface area contributed by atoms with Crippen molar-refractivity contribution in [1.82, 2.24) is 10.3 Å². The lowest BCUT2D eigenvalue weighted by molar-refractivity contribution is -0.122. The molecule has 0 saturated carbocycles. The van der Waals surface area contributed by atoms with Gasteiger partial charge in [-0.05, 0) is 37.0 Å². The zero-order valence-electron chi connectivity index (χ0n) is 15.4. The van der Waals surface area contributed by atoms with Gasteiger partial charge in [-0.1, -0.05) is 48.7 Å². The minimum absolute atomic E-state index is 0.176. The van der Waals surface area contributed by atoms with Crippen LogP contribution < -0.4 is 16.0 Å². The van der Waals surface area contributed by atoms with E-state index in [2.05, 4.69) is 15.2 Å². The molecule has 1 atom stereocenters. The van der Waals surface area contributed by atoms with E-state index in [0.29, 0.717) is 6.54 Å². The Kier molecular flexibility index (Phi) is 6.23. The highest BCUT2D eigenvalue weighted by Crippen LogP contribution is 2.17. The van der Waals surface area contributed by atoms with Crippen molar-refractivity contribution in [3.05, 3.63) is 59.3 Å².